The maximum absolute atomic E-state index is 13.2. The molecular weight excluding hydrogens is 357 g/mol. The molecule has 6 nitrogen and oxygen atoms in total. The van der Waals surface area contributed by atoms with Gasteiger partial charge in [-0.05, 0) is 18.9 Å². The highest BCUT2D eigenvalue weighted by Crippen LogP contribution is 2.25. The molecule has 0 spiro atoms. The molecule has 2 rings (SSSR count). The average Bonchev–Trinajstić information content (AvgIpc) is 3.06. The van der Waals surface area contributed by atoms with Gasteiger partial charge in [-0.3, -0.25) is 9.79 Å². The van der Waals surface area contributed by atoms with Crippen LogP contribution in [0.3, 0.4) is 0 Å². The average molecular weight is 380 g/mol. The zero-order valence-corrected chi connectivity index (χ0v) is 15.3. The van der Waals surface area contributed by atoms with Gasteiger partial charge in [-0.25, -0.2) is 4.39 Å². The molecule has 6 N–H and O–H groups in total. The lowest BCUT2D eigenvalue weighted by atomic mass is 10.1. The molecule has 1 aromatic rings. The lowest BCUT2D eigenvalue weighted by Crippen LogP contribution is -2.32. The number of rotatable bonds is 5. The Morgan fingerprint density at radius 2 is 1.96 bits per heavy atom. The van der Waals surface area contributed by atoms with Crippen LogP contribution >= 0.6 is 11.6 Å². The van der Waals surface area contributed by atoms with Crippen LogP contribution in [-0.2, 0) is 4.79 Å². The maximum atomic E-state index is 13.2. The van der Waals surface area contributed by atoms with Gasteiger partial charge in [-0.15, -0.1) is 0 Å². The molecule has 1 saturated heterocycles. The number of amidine groups is 1. The van der Waals surface area contributed by atoms with E-state index in [4.69, 9.17) is 28.8 Å². The summed E-state index contributed by atoms with van der Waals surface area (Å²) in [6, 6.07) is 9.12. The van der Waals surface area contributed by atoms with Crippen molar-refractivity contribution >= 4 is 29.0 Å². The van der Waals surface area contributed by atoms with Gasteiger partial charge in [0.25, 0.3) is 0 Å². The van der Waals surface area contributed by atoms with E-state index in [0.29, 0.717) is 29.9 Å². The molecule has 1 aliphatic rings. The molecule has 1 fully saturated rings. The fourth-order valence-corrected chi connectivity index (χ4v) is 3.00. The number of nitrogens with zero attached hydrogens (tertiary/aromatic N) is 2. The van der Waals surface area contributed by atoms with Crippen molar-refractivity contribution in [3.63, 3.8) is 0 Å². The van der Waals surface area contributed by atoms with E-state index in [2.05, 4.69) is 4.99 Å². The Kier molecular flexibility index (Phi) is 6.63. The largest absolute Gasteiger partial charge is 0.402 e. The molecule has 1 aliphatic heterocycles. The summed E-state index contributed by atoms with van der Waals surface area (Å²) < 4.78 is 13.2. The van der Waals surface area contributed by atoms with Gasteiger partial charge in [0.15, 0.2) is 0 Å². The second-order valence-electron chi connectivity index (χ2n) is 6.08. The van der Waals surface area contributed by atoms with Crippen LogP contribution in [0.1, 0.15) is 18.9 Å². The van der Waals surface area contributed by atoms with E-state index < -0.39 is 6.17 Å². The fraction of sp³-hybridized carbons (Fsp3) is 0.333. The number of halogens is 2. The number of hydrogen-bond acceptors (Lipinski definition) is 4. The zero-order chi connectivity index (χ0) is 19.3. The molecule has 1 aromatic carbocycles. The topological polar surface area (TPSA) is 111 Å². The van der Waals surface area contributed by atoms with Crippen molar-refractivity contribution in [1.82, 2.24) is 4.90 Å². The molecule has 1 amide bonds. The molecule has 1 unspecified atom stereocenters. The smallest absolute Gasteiger partial charge is 0.244 e. The number of aliphatic imine (C=N–C) groups is 1. The number of likely N-dealkylation sites (tertiary alicyclic amines) is 1. The van der Waals surface area contributed by atoms with Crippen molar-refractivity contribution in [3.8, 4) is 0 Å². The van der Waals surface area contributed by atoms with Crippen LogP contribution < -0.4 is 17.2 Å². The highest BCUT2D eigenvalue weighted by molar-refractivity contribution is 6.38. The van der Waals surface area contributed by atoms with Gasteiger partial charge in [0.1, 0.15) is 18.6 Å². The molecule has 0 aliphatic carbocycles. The van der Waals surface area contributed by atoms with Gasteiger partial charge >= 0.3 is 0 Å². The number of nitrogens with two attached hydrogens (primary N) is 3. The van der Waals surface area contributed by atoms with Crippen molar-refractivity contribution in [3.05, 3.63) is 52.2 Å². The predicted octanol–water partition coefficient (Wildman–Crippen LogP) is 1.71. The number of alkyl halides is 1. The van der Waals surface area contributed by atoms with E-state index in [1.165, 1.54) is 4.90 Å². The minimum Gasteiger partial charge on any atom is -0.402 e. The molecule has 0 bridgehead atoms. The second kappa shape index (κ2) is 8.71. The third-order valence-corrected chi connectivity index (χ3v) is 4.45. The Hall–Kier alpha value is -2.54. The third kappa shape index (κ3) is 4.76. The van der Waals surface area contributed by atoms with Crippen LogP contribution in [0.15, 0.2) is 51.6 Å². The van der Waals surface area contributed by atoms with E-state index in [9.17, 15) is 9.18 Å². The minimum atomic E-state index is -0.981. The van der Waals surface area contributed by atoms with E-state index in [0.717, 1.165) is 0 Å². The molecule has 0 saturated carbocycles. The molecular formula is C18H23ClFN5O. The normalized spacial score (nSPS) is 19.9. The highest BCUT2D eigenvalue weighted by atomic mass is 35.5. The summed E-state index contributed by atoms with van der Waals surface area (Å²) in [4.78, 5) is 17.6. The summed E-state index contributed by atoms with van der Waals surface area (Å²) in [5, 5.41) is 0.162. The number of amides is 1. The fourth-order valence-electron chi connectivity index (χ4n) is 2.64. The monoisotopic (exact) mass is 379 g/mol. The molecule has 0 aromatic heterocycles. The van der Waals surface area contributed by atoms with Crippen LogP contribution in [0.4, 0.5) is 4.39 Å². The first-order valence-corrected chi connectivity index (χ1v) is 8.58. The van der Waals surface area contributed by atoms with Crippen molar-refractivity contribution in [1.29, 1.82) is 0 Å². The summed E-state index contributed by atoms with van der Waals surface area (Å²) in [7, 11) is 0. The minimum absolute atomic E-state index is 0.0122. The molecule has 26 heavy (non-hydrogen) atoms. The van der Waals surface area contributed by atoms with Gasteiger partial charge in [-0.2, -0.15) is 0 Å². The number of hydrogen-bond donors (Lipinski definition) is 3. The van der Waals surface area contributed by atoms with Gasteiger partial charge < -0.3 is 22.1 Å². The SMILES string of the molecule is CC(N)=C(C(N)=NCC(=O)N1CCC(F)C1)/C(Cl)=C(\N)c1ccccc1. The first-order valence-electron chi connectivity index (χ1n) is 8.20. The van der Waals surface area contributed by atoms with E-state index in [1.54, 1.807) is 19.1 Å². The van der Waals surface area contributed by atoms with Crippen LogP contribution in [-0.4, -0.2) is 42.4 Å². The zero-order valence-electron chi connectivity index (χ0n) is 14.6. The Morgan fingerprint density at radius 1 is 1.31 bits per heavy atom. The Bertz CT molecular complexity index is 756. The second-order valence-corrected chi connectivity index (χ2v) is 6.46. The quantitative estimate of drug-likeness (QED) is 0.411. The molecule has 1 atom stereocenters. The Labute approximate surface area is 157 Å². The van der Waals surface area contributed by atoms with Gasteiger partial charge in [0, 0.05) is 12.2 Å². The Morgan fingerprint density at radius 3 is 2.50 bits per heavy atom. The van der Waals surface area contributed by atoms with Crippen LogP contribution in [0, 0.1) is 0 Å². The van der Waals surface area contributed by atoms with Gasteiger partial charge in [-0.1, -0.05) is 41.9 Å². The molecule has 8 heteroatoms. The number of carbonyl (C=O) groups excluding carboxylic acids is 1. The van der Waals surface area contributed by atoms with Gasteiger partial charge in [0.2, 0.25) is 5.91 Å². The summed E-state index contributed by atoms with van der Waals surface area (Å²) in [6.07, 6.45) is -0.634. The number of carbonyl (C=O) groups is 1. The van der Waals surface area contributed by atoms with Crippen molar-refractivity contribution in [2.75, 3.05) is 19.6 Å². The molecule has 1 heterocycles. The van der Waals surface area contributed by atoms with Gasteiger partial charge in [0.05, 0.1) is 22.8 Å². The lowest BCUT2D eigenvalue weighted by Gasteiger charge is -2.15. The highest BCUT2D eigenvalue weighted by Gasteiger charge is 2.25. The summed E-state index contributed by atoms with van der Waals surface area (Å²) in [5.74, 6) is -0.281. The predicted molar refractivity (Wildman–Crippen MR) is 103 cm³/mol. The first kappa shape index (κ1) is 19.8. The number of allylic oxidation sites excluding steroid dienone is 1. The van der Waals surface area contributed by atoms with Crippen LogP contribution in [0.2, 0.25) is 0 Å². The summed E-state index contributed by atoms with van der Waals surface area (Å²) >= 11 is 6.39. The summed E-state index contributed by atoms with van der Waals surface area (Å²) in [6.45, 7) is 1.89. The van der Waals surface area contributed by atoms with E-state index in [-0.39, 0.29) is 35.4 Å². The van der Waals surface area contributed by atoms with E-state index in [1.807, 2.05) is 18.2 Å². The standard InChI is InChI=1S/C18H23ClFN5O/c1-11(21)15(16(19)17(22)12-5-3-2-4-6-12)18(23)24-9-14(26)25-8-7-13(20)10-25/h2-6,13H,7-10,21-22H2,1H3,(H2,23,24)/b15-11?,17-16+. The van der Waals surface area contributed by atoms with Crippen molar-refractivity contribution < 1.29 is 9.18 Å². The first-order chi connectivity index (χ1) is 12.3. The van der Waals surface area contributed by atoms with Crippen LogP contribution in [0.5, 0.6) is 0 Å². The summed E-state index contributed by atoms with van der Waals surface area (Å²) in [5.41, 5.74) is 19.6. The number of benzene rings is 1. The Balaban J connectivity index is 2.21. The third-order valence-electron chi connectivity index (χ3n) is 4.06. The van der Waals surface area contributed by atoms with E-state index >= 15 is 0 Å². The molecule has 140 valence electrons. The lowest BCUT2D eigenvalue weighted by molar-refractivity contribution is -0.128. The molecule has 0 radical (unpaired) electrons. The maximum Gasteiger partial charge on any atom is 0.244 e. The van der Waals surface area contributed by atoms with Crippen molar-refractivity contribution in [2.24, 2.45) is 22.2 Å². The van der Waals surface area contributed by atoms with Crippen molar-refractivity contribution in [2.45, 2.75) is 19.5 Å². The van der Waals surface area contributed by atoms with Crippen LogP contribution in [0.25, 0.3) is 5.70 Å².